The van der Waals surface area contributed by atoms with Crippen molar-refractivity contribution in [2.45, 2.75) is 43.2 Å². The molecule has 0 saturated carbocycles. The lowest BCUT2D eigenvalue weighted by molar-refractivity contribution is -0.387. The van der Waals surface area contributed by atoms with Crippen molar-refractivity contribution in [3.63, 3.8) is 0 Å². The second-order valence-electron chi connectivity index (χ2n) is 7.59. The topological polar surface area (TPSA) is 83.8 Å². The Hall–Kier alpha value is -1.97. The van der Waals surface area contributed by atoms with Crippen LogP contribution in [0.2, 0.25) is 0 Å². The fourth-order valence-corrected chi connectivity index (χ4v) is 6.66. The Morgan fingerprint density at radius 1 is 1.14 bits per heavy atom. The summed E-state index contributed by atoms with van der Waals surface area (Å²) in [6.45, 7) is 2.90. The Balaban J connectivity index is 1.55. The maximum atomic E-state index is 13.1. The molecule has 0 bridgehead atoms. The molecule has 2 aliphatic rings. The third-order valence-electron chi connectivity index (χ3n) is 5.81. The molecule has 29 heavy (non-hydrogen) atoms. The quantitative estimate of drug-likeness (QED) is 0.489. The van der Waals surface area contributed by atoms with Gasteiger partial charge in [0.25, 0.3) is 5.69 Å². The van der Waals surface area contributed by atoms with E-state index in [0.29, 0.717) is 36.4 Å². The van der Waals surface area contributed by atoms with Gasteiger partial charge in [-0.1, -0.05) is 34.1 Å². The van der Waals surface area contributed by atoms with Gasteiger partial charge in [0.15, 0.2) is 4.90 Å². The highest BCUT2D eigenvalue weighted by Crippen LogP contribution is 2.37. The number of para-hydroxylation sites is 1. The summed E-state index contributed by atoms with van der Waals surface area (Å²) in [5.41, 5.74) is 2.18. The number of nitro groups is 1. The Morgan fingerprint density at radius 2 is 1.83 bits per heavy atom. The van der Waals surface area contributed by atoms with E-state index in [0.717, 1.165) is 6.42 Å². The molecule has 2 heterocycles. The summed E-state index contributed by atoms with van der Waals surface area (Å²) in [6.07, 6.45) is 2.39. The molecule has 9 heteroatoms. The van der Waals surface area contributed by atoms with Gasteiger partial charge in [-0.15, -0.1) is 0 Å². The summed E-state index contributed by atoms with van der Waals surface area (Å²) in [6, 6.07) is 13.0. The van der Waals surface area contributed by atoms with Crippen molar-refractivity contribution >= 4 is 37.3 Å². The van der Waals surface area contributed by atoms with Crippen LogP contribution in [0.25, 0.3) is 0 Å². The van der Waals surface area contributed by atoms with Crippen molar-refractivity contribution < 1.29 is 13.3 Å². The number of hydrogen-bond donors (Lipinski definition) is 0. The van der Waals surface area contributed by atoms with Gasteiger partial charge in [-0.3, -0.25) is 10.1 Å². The normalized spacial score (nSPS) is 20.6. The summed E-state index contributed by atoms with van der Waals surface area (Å²) in [5.74, 6) is 0. The van der Waals surface area contributed by atoms with E-state index in [9.17, 15) is 18.5 Å². The van der Waals surface area contributed by atoms with Crippen LogP contribution in [0.4, 0.5) is 11.4 Å². The minimum atomic E-state index is -3.94. The molecular weight excluding hydrogens is 458 g/mol. The molecule has 0 N–H and O–H groups in total. The van der Waals surface area contributed by atoms with E-state index in [1.807, 2.05) is 6.07 Å². The van der Waals surface area contributed by atoms with Gasteiger partial charge in [0.05, 0.1) is 4.92 Å². The van der Waals surface area contributed by atoms with Crippen LogP contribution in [0.1, 0.15) is 25.3 Å². The maximum Gasteiger partial charge on any atom is 0.289 e. The summed E-state index contributed by atoms with van der Waals surface area (Å²) in [5, 5.41) is 11.3. The predicted molar refractivity (Wildman–Crippen MR) is 115 cm³/mol. The molecule has 0 aliphatic carbocycles. The van der Waals surface area contributed by atoms with E-state index in [4.69, 9.17) is 0 Å². The monoisotopic (exact) mass is 479 g/mol. The zero-order chi connectivity index (χ0) is 20.8. The van der Waals surface area contributed by atoms with E-state index >= 15 is 0 Å². The highest BCUT2D eigenvalue weighted by atomic mass is 79.9. The zero-order valence-corrected chi connectivity index (χ0v) is 18.4. The minimum Gasteiger partial charge on any atom is -0.365 e. The first-order valence-electron chi connectivity index (χ1n) is 9.59. The number of anilines is 1. The van der Waals surface area contributed by atoms with Crippen molar-refractivity contribution in [2.24, 2.45) is 0 Å². The van der Waals surface area contributed by atoms with Crippen LogP contribution in [0, 0.1) is 10.1 Å². The van der Waals surface area contributed by atoms with Crippen LogP contribution in [0.5, 0.6) is 0 Å². The predicted octanol–water partition coefficient (Wildman–Crippen LogP) is 3.96. The molecule has 1 saturated heterocycles. The van der Waals surface area contributed by atoms with E-state index in [2.05, 4.69) is 46.0 Å². The summed E-state index contributed by atoms with van der Waals surface area (Å²) < 4.78 is 28.2. The SMILES string of the molecule is CC1Cc2ccccc2N1C1CCN(S(=O)(=O)c2cc(Br)ccc2[N+](=O)[O-])CC1. The summed E-state index contributed by atoms with van der Waals surface area (Å²) in [4.78, 5) is 12.9. The average molecular weight is 480 g/mol. The number of nitro benzene ring substituents is 1. The minimum absolute atomic E-state index is 0.254. The van der Waals surface area contributed by atoms with Gasteiger partial charge >= 0.3 is 0 Å². The number of piperidine rings is 1. The van der Waals surface area contributed by atoms with Crippen LogP contribution < -0.4 is 4.90 Å². The Kier molecular flexibility index (Phi) is 5.39. The van der Waals surface area contributed by atoms with Gasteiger partial charge in [0.1, 0.15) is 0 Å². The number of rotatable bonds is 4. The number of hydrogen-bond acceptors (Lipinski definition) is 5. The molecule has 2 aromatic rings. The van der Waals surface area contributed by atoms with Crippen LogP contribution >= 0.6 is 15.9 Å². The van der Waals surface area contributed by atoms with Crippen molar-refractivity contribution in [2.75, 3.05) is 18.0 Å². The van der Waals surface area contributed by atoms with E-state index < -0.39 is 20.6 Å². The van der Waals surface area contributed by atoms with E-state index in [1.54, 1.807) is 0 Å². The smallest absolute Gasteiger partial charge is 0.289 e. The number of fused-ring (bicyclic) bond motifs is 1. The molecule has 0 spiro atoms. The van der Waals surface area contributed by atoms with Gasteiger partial charge in [0.2, 0.25) is 10.0 Å². The molecule has 2 aliphatic heterocycles. The fourth-order valence-electron chi connectivity index (χ4n) is 4.49. The van der Waals surface area contributed by atoms with Gasteiger partial charge in [-0.05, 0) is 49.9 Å². The molecule has 4 rings (SSSR count). The summed E-state index contributed by atoms with van der Waals surface area (Å²) in [7, 11) is -3.94. The highest BCUT2D eigenvalue weighted by Gasteiger charge is 2.38. The lowest BCUT2D eigenvalue weighted by Gasteiger charge is -2.39. The van der Waals surface area contributed by atoms with E-state index in [-0.39, 0.29) is 10.9 Å². The van der Waals surface area contributed by atoms with Gasteiger partial charge in [-0.25, -0.2) is 8.42 Å². The van der Waals surface area contributed by atoms with Crippen LogP contribution in [0.3, 0.4) is 0 Å². The first kappa shape index (κ1) is 20.3. The fraction of sp³-hybridized carbons (Fsp3) is 0.400. The van der Waals surface area contributed by atoms with Gasteiger partial charge < -0.3 is 4.90 Å². The second kappa shape index (κ2) is 7.70. The van der Waals surface area contributed by atoms with Crippen LogP contribution in [-0.2, 0) is 16.4 Å². The van der Waals surface area contributed by atoms with Gasteiger partial charge in [0, 0.05) is 41.4 Å². The van der Waals surface area contributed by atoms with Gasteiger partial charge in [-0.2, -0.15) is 4.31 Å². The number of nitrogens with zero attached hydrogens (tertiary/aromatic N) is 3. The second-order valence-corrected chi connectivity index (χ2v) is 10.4. The largest absolute Gasteiger partial charge is 0.365 e. The average Bonchev–Trinajstić information content (AvgIpc) is 3.03. The molecule has 0 radical (unpaired) electrons. The maximum absolute atomic E-state index is 13.1. The van der Waals surface area contributed by atoms with Crippen molar-refractivity contribution in [3.05, 3.63) is 62.6 Å². The number of benzene rings is 2. The molecule has 1 atom stereocenters. The first-order valence-corrected chi connectivity index (χ1v) is 11.8. The molecule has 1 unspecified atom stereocenters. The van der Waals surface area contributed by atoms with Crippen molar-refractivity contribution in [3.8, 4) is 0 Å². The third-order valence-corrected chi connectivity index (χ3v) is 8.23. The lowest BCUT2D eigenvalue weighted by Crippen LogP contribution is -2.48. The number of sulfonamides is 1. The molecule has 154 valence electrons. The molecular formula is C20H22BrN3O4S. The summed E-state index contributed by atoms with van der Waals surface area (Å²) >= 11 is 3.23. The Labute approximate surface area is 178 Å². The molecule has 1 fully saturated rings. The molecule has 7 nitrogen and oxygen atoms in total. The van der Waals surface area contributed by atoms with Crippen LogP contribution in [-0.4, -0.2) is 42.8 Å². The molecule has 0 aromatic heterocycles. The highest BCUT2D eigenvalue weighted by molar-refractivity contribution is 9.10. The van der Waals surface area contributed by atoms with Crippen molar-refractivity contribution in [1.82, 2.24) is 4.31 Å². The third kappa shape index (κ3) is 3.67. The Morgan fingerprint density at radius 3 is 2.52 bits per heavy atom. The number of halogens is 1. The Bertz CT molecular complexity index is 1050. The standard InChI is InChI=1S/C20H22BrN3O4S/c1-14-12-15-4-2-3-5-18(15)23(14)17-8-10-22(11-9-17)29(27,28)20-13-16(21)6-7-19(20)24(25)26/h2-7,13-14,17H,8-12H2,1H3. The van der Waals surface area contributed by atoms with E-state index in [1.165, 1.54) is 33.8 Å². The lowest BCUT2D eigenvalue weighted by atomic mass is 10.0. The first-order chi connectivity index (χ1) is 13.8. The zero-order valence-electron chi connectivity index (χ0n) is 16.0. The molecule has 0 amide bonds. The van der Waals surface area contributed by atoms with Crippen molar-refractivity contribution in [1.29, 1.82) is 0 Å². The van der Waals surface area contributed by atoms with Crippen LogP contribution in [0.15, 0.2) is 51.8 Å². The molecule has 2 aromatic carbocycles.